The van der Waals surface area contributed by atoms with Crippen molar-refractivity contribution in [1.29, 1.82) is 0 Å². The standard InChI is InChI=1S/C23H34N6O3/c1-17(2)15-32-23(31)29-11-7-18(8-12-29)14-28(3)21-13-20(26-16-27-21)24-10-6-19-5-4-9-25-22(19)30/h4-5,9,13,16-18H,6-8,10-12,14-15H2,1-3H3,(H,25,30)(H,24,26,27). The number of anilines is 2. The van der Waals surface area contributed by atoms with E-state index in [1.165, 1.54) is 0 Å². The highest BCUT2D eigenvalue weighted by Gasteiger charge is 2.25. The van der Waals surface area contributed by atoms with E-state index in [-0.39, 0.29) is 11.7 Å². The highest BCUT2D eigenvalue weighted by Crippen LogP contribution is 2.21. The highest BCUT2D eigenvalue weighted by atomic mass is 16.6. The molecular formula is C23H34N6O3. The fourth-order valence-electron chi connectivity index (χ4n) is 3.74. The third-order valence-corrected chi connectivity index (χ3v) is 5.59. The van der Waals surface area contributed by atoms with Crippen LogP contribution >= 0.6 is 0 Å². The predicted octanol–water partition coefficient (Wildman–Crippen LogP) is 2.76. The molecule has 0 spiro atoms. The predicted molar refractivity (Wildman–Crippen MR) is 125 cm³/mol. The molecule has 0 radical (unpaired) electrons. The van der Waals surface area contributed by atoms with Gasteiger partial charge >= 0.3 is 6.09 Å². The summed E-state index contributed by atoms with van der Waals surface area (Å²) < 4.78 is 5.34. The number of nitrogens with one attached hydrogen (secondary N) is 2. The number of rotatable bonds is 9. The summed E-state index contributed by atoms with van der Waals surface area (Å²) in [5.41, 5.74) is 0.683. The van der Waals surface area contributed by atoms with Crippen LogP contribution in [0, 0.1) is 11.8 Å². The third-order valence-electron chi connectivity index (χ3n) is 5.59. The number of H-pyrrole nitrogens is 1. The molecule has 3 rings (SSSR count). The molecule has 1 amide bonds. The van der Waals surface area contributed by atoms with Crippen molar-refractivity contribution in [3.63, 3.8) is 0 Å². The minimum Gasteiger partial charge on any atom is -0.449 e. The highest BCUT2D eigenvalue weighted by molar-refractivity contribution is 5.67. The fraction of sp³-hybridized carbons (Fsp3) is 0.565. The summed E-state index contributed by atoms with van der Waals surface area (Å²) >= 11 is 0. The van der Waals surface area contributed by atoms with Crippen LogP contribution in [0.4, 0.5) is 16.4 Å². The molecular weight excluding hydrogens is 408 g/mol. The number of pyridine rings is 1. The Morgan fingerprint density at radius 1 is 1.34 bits per heavy atom. The smallest absolute Gasteiger partial charge is 0.409 e. The van der Waals surface area contributed by atoms with Crippen LogP contribution in [-0.2, 0) is 11.2 Å². The van der Waals surface area contributed by atoms with Crippen molar-refractivity contribution in [3.8, 4) is 0 Å². The van der Waals surface area contributed by atoms with Gasteiger partial charge in [-0.2, -0.15) is 0 Å². The summed E-state index contributed by atoms with van der Waals surface area (Å²) in [4.78, 5) is 39.2. The van der Waals surface area contributed by atoms with Crippen LogP contribution in [0.2, 0.25) is 0 Å². The molecule has 0 atom stereocenters. The summed E-state index contributed by atoms with van der Waals surface area (Å²) in [6.07, 6.45) is 5.50. The SMILES string of the molecule is CC(C)COC(=O)N1CCC(CN(C)c2cc(NCCc3ccc[nH]c3=O)ncn2)CC1. The zero-order chi connectivity index (χ0) is 22.9. The summed E-state index contributed by atoms with van der Waals surface area (Å²) in [6.45, 7) is 7.47. The van der Waals surface area contributed by atoms with Crippen molar-refractivity contribution >= 4 is 17.7 Å². The number of hydrogen-bond acceptors (Lipinski definition) is 7. The minimum absolute atomic E-state index is 0.0587. The lowest BCUT2D eigenvalue weighted by Crippen LogP contribution is -2.41. The average molecular weight is 443 g/mol. The zero-order valence-corrected chi connectivity index (χ0v) is 19.2. The molecule has 0 unspecified atom stereocenters. The maximum Gasteiger partial charge on any atom is 0.409 e. The second-order valence-corrected chi connectivity index (χ2v) is 8.74. The summed E-state index contributed by atoms with van der Waals surface area (Å²) in [5, 5.41) is 3.27. The van der Waals surface area contributed by atoms with Crippen molar-refractivity contribution in [2.24, 2.45) is 11.8 Å². The van der Waals surface area contributed by atoms with Gasteiger partial charge in [-0.05, 0) is 37.2 Å². The Balaban J connectivity index is 1.44. The largest absolute Gasteiger partial charge is 0.449 e. The molecule has 174 valence electrons. The number of aromatic amines is 1. The number of likely N-dealkylation sites (tertiary alicyclic amines) is 1. The number of hydrogen-bond donors (Lipinski definition) is 2. The van der Waals surface area contributed by atoms with Gasteiger partial charge in [-0.15, -0.1) is 0 Å². The molecule has 0 saturated carbocycles. The van der Waals surface area contributed by atoms with Crippen LogP contribution in [-0.4, -0.2) is 65.8 Å². The molecule has 32 heavy (non-hydrogen) atoms. The zero-order valence-electron chi connectivity index (χ0n) is 19.2. The van der Waals surface area contributed by atoms with E-state index in [9.17, 15) is 9.59 Å². The van der Waals surface area contributed by atoms with E-state index < -0.39 is 0 Å². The Morgan fingerprint density at radius 3 is 2.84 bits per heavy atom. The quantitative estimate of drug-likeness (QED) is 0.615. The monoisotopic (exact) mass is 442 g/mol. The third kappa shape index (κ3) is 6.96. The van der Waals surface area contributed by atoms with Gasteiger partial charge in [0, 0.05) is 51.1 Å². The minimum atomic E-state index is -0.200. The van der Waals surface area contributed by atoms with Crippen LogP contribution < -0.4 is 15.8 Å². The molecule has 3 heterocycles. The number of piperidine rings is 1. The van der Waals surface area contributed by atoms with Gasteiger partial charge < -0.3 is 24.8 Å². The van der Waals surface area contributed by atoms with Crippen LogP contribution in [0.1, 0.15) is 32.3 Å². The van der Waals surface area contributed by atoms with Crippen molar-refractivity contribution in [2.75, 3.05) is 50.1 Å². The maximum absolute atomic E-state index is 12.1. The van der Waals surface area contributed by atoms with Crippen molar-refractivity contribution < 1.29 is 9.53 Å². The summed E-state index contributed by atoms with van der Waals surface area (Å²) in [7, 11) is 2.03. The first kappa shape index (κ1) is 23.6. The van der Waals surface area contributed by atoms with Gasteiger partial charge in [0.15, 0.2) is 0 Å². The number of aromatic nitrogens is 3. The first-order valence-corrected chi connectivity index (χ1v) is 11.3. The Hall–Kier alpha value is -3.10. The fourth-order valence-corrected chi connectivity index (χ4v) is 3.74. The Labute approximate surface area is 189 Å². The van der Waals surface area contributed by atoms with Crippen molar-refractivity contribution in [1.82, 2.24) is 19.9 Å². The molecule has 1 fully saturated rings. The summed E-state index contributed by atoms with van der Waals surface area (Å²) in [5.74, 6) is 2.42. The van der Waals surface area contributed by atoms with Gasteiger partial charge in [0.2, 0.25) is 0 Å². The van der Waals surface area contributed by atoms with Gasteiger partial charge in [-0.1, -0.05) is 19.9 Å². The molecule has 1 aliphatic heterocycles. The molecule has 1 saturated heterocycles. The average Bonchev–Trinajstić information content (AvgIpc) is 2.79. The first-order chi connectivity index (χ1) is 15.4. The number of nitrogens with zero attached hydrogens (tertiary/aromatic N) is 4. The van der Waals surface area contributed by atoms with E-state index in [1.54, 1.807) is 12.5 Å². The van der Waals surface area contributed by atoms with Crippen molar-refractivity contribution in [3.05, 3.63) is 46.6 Å². The Kier molecular flexibility index (Phi) is 8.47. The molecule has 1 aliphatic rings. The van der Waals surface area contributed by atoms with Crippen molar-refractivity contribution in [2.45, 2.75) is 33.1 Å². The van der Waals surface area contributed by atoms with Crippen LogP contribution in [0.3, 0.4) is 0 Å². The number of carbonyl (C=O) groups is 1. The van der Waals surface area contributed by atoms with Gasteiger partial charge in [-0.3, -0.25) is 4.79 Å². The molecule has 9 heteroatoms. The van der Waals surface area contributed by atoms with Gasteiger partial charge in [0.05, 0.1) is 6.61 Å². The van der Waals surface area contributed by atoms with Crippen LogP contribution in [0.5, 0.6) is 0 Å². The van der Waals surface area contributed by atoms with E-state index in [4.69, 9.17) is 4.74 Å². The molecule has 0 bridgehead atoms. The molecule has 2 aromatic heterocycles. The first-order valence-electron chi connectivity index (χ1n) is 11.3. The second-order valence-electron chi connectivity index (χ2n) is 8.74. The molecule has 0 aliphatic carbocycles. The number of amides is 1. The molecule has 0 aromatic carbocycles. The van der Waals surface area contributed by atoms with Gasteiger partial charge in [-0.25, -0.2) is 14.8 Å². The van der Waals surface area contributed by atoms with E-state index in [0.717, 1.165) is 49.7 Å². The van der Waals surface area contributed by atoms with E-state index >= 15 is 0 Å². The second kappa shape index (κ2) is 11.5. The Bertz CT molecular complexity index is 924. The lowest BCUT2D eigenvalue weighted by Gasteiger charge is -2.33. The van der Waals surface area contributed by atoms with E-state index in [2.05, 4.69) is 25.2 Å². The van der Waals surface area contributed by atoms with Crippen LogP contribution in [0.15, 0.2) is 35.5 Å². The lowest BCUT2D eigenvalue weighted by atomic mass is 9.96. The summed E-state index contributed by atoms with van der Waals surface area (Å²) in [6, 6.07) is 5.58. The van der Waals surface area contributed by atoms with E-state index in [0.29, 0.717) is 31.4 Å². The normalized spacial score (nSPS) is 14.4. The number of ether oxygens (including phenoxy) is 1. The topological polar surface area (TPSA) is 103 Å². The Morgan fingerprint density at radius 2 is 2.12 bits per heavy atom. The van der Waals surface area contributed by atoms with Gasteiger partial charge in [0.25, 0.3) is 5.56 Å². The maximum atomic E-state index is 12.1. The van der Waals surface area contributed by atoms with Crippen LogP contribution in [0.25, 0.3) is 0 Å². The molecule has 2 N–H and O–H groups in total. The van der Waals surface area contributed by atoms with E-state index in [1.807, 2.05) is 44.0 Å². The molecule has 9 nitrogen and oxygen atoms in total. The van der Waals surface area contributed by atoms with Gasteiger partial charge in [0.1, 0.15) is 18.0 Å². The number of carbonyl (C=O) groups excluding carboxylic acids is 1. The molecule has 2 aromatic rings. The lowest BCUT2D eigenvalue weighted by molar-refractivity contribution is 0.0795.